The van der Waals surface area contributed by atoms with Crippen LogP contribution < -0.4 is 15.4 Å². The zero-order valence-electron chi connectivity index (χ0n) is 14.8. The summed E-state index contributed by atoms with van der Waals surface area (Å²) in [5.74, 6) is 0.671. The number of rotatable bonds is 8. The first-order valence-corrected chi connectivity index (χ1v) is 8.52. The Labute approximate surface area is 148 Å². The number of halogens is 1. The molecule has 0 saturated carbocycles. The van der Waals surface area contributed by atoms with Crippen molar-refractivity contribution >= 4 is 6.03 Å². The second-order valence-electron chi connectivity index (χ2n) is 5.95. The van der Waals surface area contributed by atoms with Gasteiger partial charge in [-0.15, -0.1) is 0 Å². The minimum absolute atomic E-state index is 0.242. The molecular weight excluding hydrogens is 319 g/mol. The van der Waals surface area contributed by atoms with Crippen LogP contribution in [0.15, 0.2) is 42.5 Å². The number of nitrogens with one attached hydrogen (secondary N) is 2. The second-order valence-corrected chi connectivity index (χ2v) is 5.95. The van der Waals surface area contributed by atoms with Crippen LogP contribution in [0.5, 0.6) is 5.75 Å². The minimum Gasteiger partial charge on any atom is -0.493 e. The summed E-state index contributed by atoms with van der Waals surface area (Å²) in [7, 11) is 0. The standard InChI is InChI=1S/C20H25FN2O2/c1-15-7-5-8-16(2)19(15)25-14-6-12-22-20(24)23-13-11-17-9-3-4-10-18(17)21/h3-5,7-10H,6,11-14H2,1-2H3,(H2,22,23,24). The van der Waals surface area contributed by atoms with Crippen molar-refractivity contribution in [1.29, 1.82) is 0 Å². The Morgan fingerprint density at radius 2 is 1.68 bits per heavy atom. The lowest BCUT2D eigenvalue weighted by atomic mass is 10.1. The number of carbonyl (C=O) groups is 1. The lowest BCUT2D eigenvalue weighted by Gasteiger charge is -2.12. The van der Waals surface area contributed by atoms with Crippen molar-refractivity contribution in [3.63, 3.8) is 0 Å². The Bertz CT molecular complexity index is 684. The first-order chi connectivity index (χ1) is 12.1. The van der Waals surface area contributed by atoms with Gasteiger partial charge in [-0.1, -0.05) is 36.4 Å². The monoisotopic (exact) mass is 344 g/mol. The van der Waals surface area contributed by atoms with Crippen LogP contribution in [0.25, 0.3) is 0 Å². The van der Waals surface area contributed by atoms with Crippen LogP contribution in [0.4, 0.5) is 9.18 Å². The summed E-state index contributed by atoms with van der Waals surface area (Å²) in [6, 6.07) is 12.4. The van der Waals surface area contributed by atoms with E-state index in [9.17, 15) is 9.18 Å². The highest BCUT2D eigenvalue weighted by Crippen LogP contribution is 2.22. The first-order valence-electron chi connectivity index (χ1n) is 8.52. The average Bonchev–Trinajstić information content (AvgIpc) is 2.58. The van der Waals surface area contributed by atoms with Gasteiger partial charge in [-0.3, -0.25) is 0 Å². The Hall–Kier alpha value is -2.56. The number of urea groups is 1. The van der Waals surface area contributed by atoms with Crippen LogP contribution in [0, 0.1) is 19.7 Å². The lowest BCUT2D eigenvalue weighted by molar-refractivity contribution is 0.239. The van der Waals surface area contributed by atoms with Crippen LogP contribution in [0.2, 0.25) is 0 Å². The highest BCUT2D eigenvalue weighted by Gasteiger charge is 2.04. The fourth-order valence-corrected chi connectivity index (χ4v) is 2.55. The predicted octanol–water partition coefficient (Wildman–Crippen LogP) is 3.75. The molecule has 0 radical (unpaired) electrons. The molecule has 0 fully saturated rings. The summed E-state index contributed by atoms with van der Waals surface area (Å²) in [5.41, 5.74) is 2.82. The number of hydrogen-bond donors (Lipinski definition) is 2. The molecule has 134 valence electrons. The Morgan fingerprint density at radius 3 is 2.40 bits per heavy atom. The molecule has 2 N–H and O–H groups in total. The maximum Gasteiger partial charge on any atom is 0.314 e. The van der Waals surface area contributed by atoms with Crippen molar-refractivity contribution in [3.05, 3.63) is 65.0 Å². The molecule has 25 heavy (non-hydrogen) atoms. The largest absolute Gasteiger partial charge is 0.493 e. The molecule has 5 heteroatoms. The van der Waals surface area contributed by atoms with Gasteiger partial charge in [0.15, 0.2) is 0 Å². The molecule has 0 aliphatic carbocycles. The van der Waals surface area contributed by atoms with Gasteiger partial charge in [0, 0.05) is 13.1 Å². The van der Waals surface area contributed by atoms with Crippen molar-refractivity contribution in [3.8, 4) is 5.75 Å². The number of ether oxygens (including phenoxy) is 1. The van der Waals surface area contributed by atoms with E-state index in [0.717, 1.165) is 16.9 Å². The summed E-state index contributed by atoms with van der Waals surface area (Å²) in [5, 5.41) is 5.50. The molecule has 2 aromatic carbocycles. The van der Waals surface area contributed by atoms with E-state index in [0.29, 0.717) is 38.1 Å². The number of para-hydroxylation sites is 1. The maximum absolute atomic E-state index is 13.5. The Balaban J connectivity index is 1.59. The van der Waals surface area contributed by atoms with E-state index in [2.05, 4.69) is 10.6 Å². The zero-order chi connectivity index (χ0) is 18.1. The molecule has 0 heterocycles. The minimum atomic E-state index is -0.247. The average molecular weight is 344 g/mol. The summed E-state index contributed by atoms with van der Waals surface area (Å²) < 4.78 is 19.2. The Morgan fingerprint density at radius 1 is 1.00 bits per heavy atom. The van der Waals surface area contributed by atoms with Crippen molar-refractivity contribution in [2.24, 2.45) is 0 Å². The lowest BCUT2D eigenvalue weighted by Crippen LogP contribution is -2.37. The zero-order valence-corrected chi connectivity index (χ0v) is 14.8. The van der Waals surface area contributed by atoms with Crippen LogP contribution in [-0.2, 0) is 6.42 Å². The summed E-state index contributed by atoms with van der Waals surface area (Å²) in [6.45, 7) is 5.50. The molecule has 0 aromatic heterocycles. The van der Waals surface area contributed by atoms with Crippen molar-refractivity contribution < 1.29 is 13.9 Å². The third kappa shape index (κ3) is 6.10. The quantitative estimate of drug-likeness (QED) is 0.717. The number of aryl methyl sites for hydroxylation is 2. The van der Waals surface area contributed by atoms with E-state index in [1.165, 1.54) is 6.07 Å². The number of benzene rings is 2. The second kappa shape index (κ2) is 9.67. The first kappa shape index (κ1) is 18.8. The molecule has 2 aromatic rings. The van der Waals surface area contributed by atoms with Gasteiger partial charge in [0.1, 0.15) is 11.6 Å². The smallest absolute Gasteiger partial charge is 0.314 e. The third-order valence-corrected chi connectivity index (χ3v) is 3.90. The van der Waals surface area contributed by atoms with Crippen molar-refractivity contribution in [2.75, 3.05) is 19.7 Å². The topological polar surface area (TPSA) is 50.4 Å². The molecule has 0 aliphatic heterocycles. The highest BCUT2D eigenvalue weighted by molar-refractivity contribution is 5.73. The fourth-order valence-electron chi connectivity index (χ4n) is 2.55. The van der Waals surface area contributed by atoms with Gasteiger partial charge in [-0.2, -0.15) is 0 Å². The third-order valence-electron chi connectivity index (χ3n) is 3.90. The van der Waals surface area contributed by atoms with Gasteiger partial charge in [0.05, 0.1) is 6.61 Å². The van der Waals surface area contributed by atoms with Gasteiger partial charge < -0.3 is 15.4 Å². The SMILES string of the molecule is Cc1cccc(C)c1OCCCNC(=O)NCCc1ccccc1F. The molecule has 2 amide bonds. The number of hydrogen-bond acceptors (Lipinski definition) is 2. The Kier molecular flexibility index (Phi) is 7.26. The van der Waals surface area contributed by atoms with Crippen LogP contribution >= 0.6 is 0 Å². The molecule has 0 unspecified atom stereocenters. The summed E-state index contributed by atoms with van der Waals surface area (Å²) >= 11 is 0. The predicted molar refractivity (Wildman–Crippen MR) is 97.5 cm³/mol. The molecule has 0 aliphatic rings. The fraction of sp³-hybridized carbons (Fsp3) is 0.350. The maximum atomic E-state index is 13.5. The van der Waals surface area contributed by atoms with Gasteiger partial charge in [-0.05, 0) is 49.4 Å². The van der Waals surface area contributed by atoms with Gasteiger partial charge in [-0.25, -0.2) is 9.18 Å². The molecule has 0 saturated heterocycles. The molecule has 0 spiro atoms. The molecule has 2 rings (SSSR count). The van der Waals surface area contributed by atoms with Crippen LogP contribution in [-0.4, -0.2) is 25.7 Å². The van der Waals surface area contributed by atoms with Crippen LogP contribution in [0.1, 0.15) is 23.1 Å². The van der Waals surface area contributed by atoms with Crippen LogP contribution in [0.3, 0.4) is 0 Å². The van der Waals surface area contributed by atoms with E-state index >= 15 is 0 Å². The number of carbonyl (C=O) groups excluding carboxylic acids is 1. The molecule has 0 bridgehead atoms. The summed E-state index contributed by atoms with van der Waals surface area (Å²) in [6.07, 6.45) is 1.18. The normalized spacial score (nSPS) is 10.4. The van der Waals surface area contributed by atoms with Gasteiger partial charge in [0.2, 0.25) is 0 Å². The van der Waals surface area contributed by atoms with Crippen molar-refractivity contribution in [1.82, 2.24) is 10.6 Å². The molecule has 0 atom stereocenters. The van der Waals surface area contributed by atoms with E-state index in [-0.39, 0.29) is 11.8 Å². The molecule has 4 nitrogen and oxygen atoms in total. The van der Waals surface area contributed by atoms with Crippen molar-refractivity contribution in [2.45, 2.75) is 26.7 Å². The summed E-state index contributed by atoms with van der Waals surface area (Å²) in [4.78, 5) is 11.7. The van der Waals surface area contributed by atoms with E-state index in [1.54, 1.807) is 18.2 Å². The molecular formula is C20H25FN2O2. The van der Waals surface area contributed by atoms with Gasteiger partial charge >= 0.3 is 6.03 Å². The van der Waals surface area contributed by atoms with E-state index in [4.69, 9.17) is 4.74 Å². The highest BCUT2D eigenvalue weighted by atomic mass is 19.1. The van der Waals surface area contributed by atoms with E-state index in [1.807, 2.05) is 32.0 Å². The number of amides is 2. The van der Waals surface area contributed by atoms with E-state index < -0.39 is 0 Å². The van der Waals surface area contributed by atoms with Gasteiger partial charge in [0.25, 0.3) is 0 Å².